The second-order valence-corrected chi connectivity index (χ2v) is 4.99. The molecule has 106 valence electrons. The molecule has 0 radical (unpaired) electrons. The lowest BCUT2D eigenvalue weighted by Crippen LogP contribution is -2.37. The number of morpholine rings is 1. The molecular formula is C13H22N4O2. The van der Waals surface area contributed by atoms with Gasteiger partial charge >= 0.3 is 0 Å². The van der Waals surface area contributed by atoms with Crippen LogP contribution in [-0.2, 0) is 11.3 Å². The first-order valence-electron chi connectivity index (χ1n) is 6.82. The molecule has 6 heteroatoms. The molecule has 0 saturated carbocycles. The number of nitrogens with two attached hydrogens (primary N) is 1. The number of hydrogen-bond donors (Lipinski definition) is 1. The van der Waals surface area contributed by atoms with Crippen LogP contribution in [0.5, 0.6) is 0 Å². The van der Waals surface area contributed by atoms with Crippen molar-refractivity contribution < 1.29 is 4.74 Å². The van der Waals surface area contributed by atoms with Gasteiger partial charge in [-0.2, -0.15) is 5.10 Å². The Labute approximate surface area is 113 Å². The predicted octanol–water partition coefficient (Wildman–Crippen LogP) is 0.207. The van der Waals surface area contributed by atoms with Crippen molar-refractivity contribution in [3.05, 3.63) is 22.6 Å². The third-order valence-corrected chi connectivity index (χ3v) is 3.26. The number of nitrogens with zero attached hydrogens (tertiary/aromatic N) is 3. The van der Waals surface area contributed by atoms with Gasteiger partial charge in [0.2, 0.25) is 0 Å². The van der Waals surface area contributed by atoms with Crippen molar-refractivity contribution in [1.82, 2.24) is 9.78 Å². The Morgan fingerprint density at radius 2 is 2.21 bits per heavy atom. The highest BCUT2D eigenvalue weighted by molar-refractivity contribution is 5.43. The van der Waals surface area contributed by atoms with Crippen LogP contribution < -0.4 is 16.2 Å². The Morgan fingerprint density at radius 3 is 2.84 bits per heavy atom. The number of ether oxygens (including phenoxy) is 1. The molecular weight excluding hydrogens is 244 g/mol. The second kappa shape index (κ2) is 6.68. The topological polar surface area (TPSA) is 73.4 Å². The van der Waals surface area contributed by atoms with Crippen LogP contribution in [0, 0.1) is 0 Å². The molecule has 1 aromatic heterocycles. The highest BCUT2D eigenvalue weighted by atomic mass is 16.5. The van der Waals surface area contributed by atoms with Crippen molar-refractivity contribution in [2.24, 2.45) is 5.73 Å². The van der Waals surface area contributed by atoms with Crippen molar-refractivity contribution in [3.63, 3.8) is 0 Å². The summed E-state index contributed by atoms with van der Waals surface area (Å²) >= 11 is 0. The number of aromatic nitrogens is 2. The van der Waals surface area contributed by atoms with E-state index >= 15 is 0 Å². The van der Waals surface area contributed by atoms with Crippen molar-refractivity contribution in [2.45, 2.75) is 32.4 Å². The van der Waals surface area contributed by atoms with E-state index in [1.54, 1.807) is 12.3 Å². The van der Waals surface area contributed by atoms with E-state index in [0.717, 1.165) is 31.6 Å². The molecule has 1 aromatic rings. The van der Waals surface area contributed by atoms with E-state index in [-0.39, 0.29) is 11.6 Å². The average molecular weight is 266 g/mol. The monoisotopic (exact) mass is 266 g/mol. The van der Waals surface area contributed by atoms with Gasteiger partial charge in [-0.05, 0) is 19.8 Å². The summed E-state index contributed by atoms with van der Waals surface area (Å²) in [7, 11) is 0. The maximum atomic E-state index is 12.0. The molecule has 1 aliphatic heterocycles. The number of anilines is 1. The Balaban J connectivity index is 1.98. The lowest BCUT2D eigenvalue weighted by atomic mass is 10.2. The van der Waals surface area contributed by atoms with Crippen molar-refractivity contribution in [3.8, 4) is 0 Å². The predicted molar refractivity (Wildman–Crippen MR) is 74.4 cm³/mol. The van der Waals surface area contributed by atoms with E-state index in [1.165, 1.54) is 4.68 Å². The summed E-state index contributed by atoms with van der Waals surface area (Å²) in [4.78, 5) is 14.1. The highest BCUT2D eigenvalue weighted by Gasteiger charge is 2.12. The Hall–Kier alpha value is -1.40. The summed E-state index contributed by atoms with van der Waals surface area (Å²) in [6, 6.07) is 1.83. The van der Waals surface area contributed by atoms with E-state index in [0.29, 0.717) is 19.8 Å². The molecule has 6 nitrogen and oxygen atoms in total. The molecule has 0 spiro atoms. The molecule has 0 amide bonds. The molecule has 0 aliphatic carbocycles. The molecule has 1 aliphatic rings. The third kappa shape index (κ3) is 4.04. The molecule has 19 heavy (non-hydrogen) atoms. The Bertz CT molecular complexity index is 452. The van der Waals surface area contributed by atoms with Crippen LogP contribution in [0.1, 0.15) is 19.8 Å². The summed E-state index contributed by atoms with van der Waals surface area (Å²) in [6.45, 7) is 5.64. The van der Waals surface area contributed by atoms with Gasteiger partial charge in [-0.1, -0.05) is 0 Å². The van der Waals surface area contributed by atoms with Gasteiger partial charge in [-0.3, -0.25) is 4.79 Å². The van der Waals surface area contributed by atoms with E-state index in [2.05, 4.69) is 10.00 Å². The molecule has 1 fully saturated rings. The quantitative estimate of drug-likeness (QED) is 0.824. The van der Waals surface area contributed by atoms with Gasteiger partial charge in [0.05, 0.1) is 25.1 Å². The van der Waals surface area contributed by atoms with Crippen LogP contribution in [0.4, 0.5) is 5.69 Å². The maximum absolute atomic E-state index is 12.0. The normalized spacial score (nSPS) is 17.5. The number of aryl methyl sites for hydroxylation is 1. The van der Waals surface area contributed by atoms with Gasteiger partial charge in [0.25, 0.3) is 5.56 Å². The van der Waals surface area contributed by atoms with Gasteiger partial charge in [-0.15, -0.1) is 0 Å². The fourth-order valence-electron chi connectivity index (χ4n) is 2.15. The van der Waals surface area contributed by atoms with Gasteiger partial charge < -0.3 is 15.4 Å². The molecule has 1 unspecified atom stereocenters. The average Bonchev–Trinajstić information content (AvgIpc) is 2.41. The highest BCUT2D eigenvalue weighted by Crippen LogP contribution is 2.11. The van der Waals surface area contributed by atoms with Gasteiger partial charge in [0.15, 0.2) is 0 Å². The van der Waals surface area contributed by atoms with Gasteiger partial charge in [0, 0.05) is 31.7 Å². The summed E-state index contributed by atoms with van der Waals surface area (Å²) in [5, 5.41) is 4.23. The lowest BCUT2D eigenvalue weighted by molar-refractivity contribution is 0.122. The fraction of sp³-hybridized carbons (Fsp3) is 0.692. The van der Waals surface area contributed by atoms with Gasteiger partial charge in [-0.25, -0.2) is 4.68 Å². The minimum absolute atomic E-state index is 0.0475. The lowest BCUT2D eigenvalue weighted by Gasteiger charge is -2.28. The van der Waals surface area contributed by atoms with Crippen LogP contribution >= 0.6 is 0 Å². The van der Waals surface area contributed by atoms with Crippen LogP contribution in [0.15, 0.2) is 17.1 Å². The first-order valence-corrected chi connectivity index (χ1v) is 6.82. The minimum atomic E-state index is -0.0475. The summed E-state index contributed by atoms with van der Waals surface area (Å²) in [5.74, 6) is 0. The van der Waals surface area contributed by atoms with Crippen LogP contribution in [0.3, 0.4) is 0 Å². The summed E-state index contributed by atoms with van der Waals surface area (Å²) in [6.07, 6.45) is 3.54. The smallest absolute Gasteiger partial charge is 0.268 e. The van der Waals surface area contributed by atoms with Crippen LogP contribution in [0.2, 0.25) is 0 Å². The first-order chi connectivity index (χ1) is 9.16. The standard InChI is InChI=1S/C13H22N4O2/c1-11(14)3-2-4-17-13(18)9-12(10-15-17)16-5-7-19-8-6-16/h9-11H,2-8,14H2,1H3. The Morgan fingerprint density at radius 1 is 1.47 bits per heavy atom. The molecule has 0 aromatic carbocycles. The van der Waals surface area contributed by atoms with E-state index < -0.39 is 0 Å². The largest absolute Gasteiger partial charge is 0.378 e. The first kappa shape index (κ1) is 14.0. The summed E-state index contributed by atoms with van der Waals surface area (Å²) in [5.41, 5.74) is 6.53. The fourth-order valence-corrected chi connectivity index (χ4v) is 2.15. The van der Waals surface area contributed by atoms with Gasteiger partial charge in [0.1, 0.15) is 0 Å². The molecule has 2 rings (SSSR count). The van der Waals surface area contributed by atoms with Crippen LogP contribution in [0.25, 0.3) is 0 Å². The van der Waals surface area contributed by atoms with Crippen LogP contribution in [-0.4, -0.2) is 42.1 Å². The molecule has 2 N–H and O–H groups in total. The zero-order valence-corrected chi connectivity index (χ0v) is 11.4. The zero-order chi connectivity index (χ0) is 13.7. The van der Waals surface area contributed by atoms with Crippen molar-refractivity contribution in [1.29, 1.82) is 0 Å². The van der Waals surface area contributed by atoms with E-state index in [1.807, 2.05) is 6.92 Å². The zero-order valence-electron chi connectivity index (χ0n) is 11.4. The van der Waals surface area contributed by atoms with Crippen molar-refractivity contribution in [2.75, 3.05) is 31.2 Å². The van der Waals surface area contributed by atoms with E-state index in [9.17, 15) is 4.79 Å². The molecule has 1 saturated heterocycles. The van der Waals surface area contributed by atoms with E-state index in [4.69, 9.17) is 10.5 Å². The Kier molecular flexibility index (Phi) is 4.93. The minimum Gasteiger partial charge on any atom is -0.378 e. The molecule has 1 atom stereocenters. The molecule has 2 heterocycles. The third-order valence-electron chi connectivity index (χ3n) is 3.26. The number of rotatable bonds is 5. The molecule has 0 bridgehead atoms. The van der Waals surface area contributed by atoms with Crippen molar-refractivity contribution >= 4 is 5.69 Å². The SMILES string of the molecule is CC(N)CCCn1ncc(N2CCOCC2)cc1=O. The summed E-state index contributed by atoms with van der Waals surface area (Å²) < 4.78 is 6.80. The number of hydrogen-bond acceptors (Lipinski definition) is 5. The second-order valence-electron chi connectivity index (χ2n) is 4.99. The maximum Gasteiger partial charge on any atom is 0.268 e.